The summed E-state index contributed by atoms with van der Waals surface area (Å²) in [5.41, 5.74) is 5.50. The Kier molecular flexibility index (Phi) is 3.28. The Balaban J connectivity index is 1.97. The molecule has 0 amide bonds. The van der Waals surface area contributed by atoms with Crippen molar-refractivity contribution in [3.8, 4) is 11.3 Å². The zero-order valence-electron chi connectivity index (χ0n) is 12.1. The number of rotatable bonds is 4. The number of nitrogens with zero attached hydrogens (tertiary/aromatic N) is 4. The molecule has 0 fully saturated rings. The fraction of sp³-hybridized carbons (Fsp3) is 0.333. The molecule has 5 heteroatoms. The van der Waals surface area contributed by atoms with E-state index in [1.54, 1.807) is 0 Å². The van der Waals surface area contributed by atoms with E-state index in [0.29, 0.717) is 0 Å². The highest BCUT2D eigenvalue weighted by Gasteiger charge is 2.09. The molecule has 2 aromatic heterocycles. The molecule has 2 heterocycles. The van der Waals surface area contributed by atoms with Crippen LogP contribution >= 0.6 is 0 Å². The van der Waals surface area contributed by atoms with Gasteiger partial charge in [0.15, 0.2) is 0 Å². The molecule has 5 nitrogen and oxygen atoms in total. The number of nitrogens with one attached hydrogen (secondary N) is 1. The Morgan fingerprint density at radius 3 is 2.85 bits per heavy atom. The van der Waals surface area contributed by atoms with Gasteiger partial charge in [0.25, 0.3) is 0 Å². The van der Waals surface area contributed by atoms with Crippen LogP contribution in [-0.4, -0.2) is 32.9 Å². The van der Waals surface area contributed by atoms with E-state index in [0.717, 1.165) is 35.3 Å². The second-order valence-corrected chi connectivity index (χ2v) is 5.06. The van der Waals surface area contributed by atoms with Crippen LogP contribution in [0.5, 0.6) is 0 Å². The monoisotopic (exact) mass is 269 g/mol. The zero-order valence-corrected chi connectivity index (χ0v) is 12.1. The molecule has 0 aliphatic heterocycles. The number of aryl methyl sites for hydroxylation is 2. The molecule has 0 aliphatic rings. The third kappa shape index (κ3) is 2.20. The van der Waals surface area contributed by atoms with Gasteiger partial charge >= 0.3 is 0 Å². The lowest BCUT2D eigenvalue weighted by atomic mass is 10.1. The molecule has 0 radical (unpaired) electrons. The van der Waals surface area contributed by atoms with Crippen LogP contribution in [0.3, 0.4) is 0 Å². The first-order valence-electron chi connectivity index (χ1n) is 6.78. The Morgan fingerprint density at radius 1 is 1.20 bits per heavy atom. The van der Waals surface area contributed by atoms with Gasteiger partial charge in [-0.1, -0.05) is 6.07 Å². The van der Waals surface area contributed by atoms with Crippen LogP contribution in [0.2, 0.25) is 0 Å². The average Bonchev–Trinajstić information content (AvgIpc) is 3.00. The molecule has 0 unspecified atom stereocenters. The lowest BCUT2D eigenvalue weighted by Crippen LogP contribution is -2.12. The standard InChI is InChI=1S/C15H19N5/c1-16-7-6-12-9-13(18-20(12)3)11-4-5-15-14(8-11)17-10-19(15)2/h4-5,8-10,16H,6-7H2,1-3H3. The van der Waals surface area contributed by atoms with Crippen molar-refractivity contribution in [2.75, 3.05) is 13.6 Å². The van der Waals surface area contributed by atoms with Crippen molar-refractivity contribution < 1.29 is 0 Å². The molecule has 0 spiro atoms. The van der Waals surface area contributed by atoms with Crippen LogP contribution in [0.4, 0.5) is 0 Å². The first-order chi connectivity index (χ1) is 9.69. The van der Waals surface area contributed by atoms with Crippen LogP contribution in [0, 0.1) is 0 Å². The lowest BCUT2D eigenvalue weighted by Gasteiger charge is -1.99. The fourth-order valence-corrected chi connectivity index (χ4v) is 2.43. The topological polar surface area (TPSA) is 47.7 Å². The van der Waals surface area contributed by atoms with Crippen molar-refractivity contribution in [1.29, 1.82) is 0 Å². The zero-order chi connectivity index (χ0) is 14.1. The van der Waals surface area contributed by atoms with Crippen molar-refractivity contribution in [2.45, 2.75) is 6.42 Å². The van der Waals surface area contributed by atoms with Gasteiger partial charge in [-0.25, -0.2) is 4.98 Å². The second-order valence-electron chi connectivity index (χ2n) is 5.06. The number of likely N-dealkylation sites (N-methyl/N-ethyl adjacent to an activating group) is 1. The maximum absolute atomic E-state index is 4.60. The average molecular weight is 269 g/mol. The molecule has 3 rings (SSSR count). The summed E-state index contributed by atoms with van der Waals surface area (Å²) in [6.45, 7) is 0.957. The number of benzene rings is 1. The number of hydrogen-bond acceptors (Lipinski definition) is 3. The highest BCUT2D eigenvalue weighted by molar-refractivity contribution is 5.81. The largest absolute Gasteiger partial charge is 0.334 e. The van der Waals surface area contributed by atoms with Crippen LogP contribution in [0.1, 0.15) is 5.69 Å². The Bertz CT molecular complexity index is 738. The molecule has 1 aromatic carbocycles. The number of hydrogen-bond donors (Lipinski definition) is 1. The maximum atomic E-state index is 4.60. The van der Waals surface area contributed by atoms with E-state index in [9.17, 15) is 0 Å². The molecule has 3 aromatic rings. The number of aromatic nitrogens is 4. The normalized spacial score (nSPS) is 11.3. The molecular weight excluding hydrogens is 250 g/mol. The van der Waals surface area contributed by atoms with Crippen molar-refractivity contribution in [1.82, 2.24) is 24.6 Å². The van der Waals surface area contributed by atoms with E-state index in [2.05, 4.69) is 39.7 Å². The third-order valence-electron chi connectivity index (χ3n) is 3.63. The van der Waals surface area contributed by atoms with Gasteiger partial charge in [0.2, 0.25) is 0 Å². The van der Waals surface area contributed by atoms with Crippen molar-refractivity contribution in [3.63, 3.8) is 0 Å². The molecule has 104 valence electrons. The van der Waals surface area contributed by atoms with Gasteiger partial charge in [-0.05, 0) is 25.2 Å². The van der Waals surface area contributed by atoms with Crippen LogP contribution in [0.15, 0.2) is 30.6 Å². The molecule has 0 saturated heterocycles. The molecular formula is C15H19N5. The van der Waals surface area contributed by atoms with E-state index >= 15 is 0 Å². The van der Waals surface area contributed by atoms with E-state index in [1.165, 1.54) is 5.69 Å². The summed E-state index contributed by atoms with van der Waals surface area (Å²) in [4.78, 5) is 4.40. The van der Waals surface area contributed by atoms with Gasteiger partial charge < -0.3 is 9.88 Å². The van der Waals surface area contributed by atoms with E-state index < -0.39 is 0 Å². The molecule has 0 atom stereocenters. The summed E-state index contributed by atoms with van der Waals surface area (Å²) in [6, 6.07) is 8.45. The van der Waals surface area contributed by atoms with E-state index in [-0.39, 0.29) is 0 Å². The molecule has 0 aliphatic carbocycles. The van der Waals surface area contributed by atoms with Crippen molar-refractivity contribution in [2.24, 2.45) is 14.1 Å². The van der Waals surface area contributed by atoms with E-state index in [1.807, 2.05) is 36.7 Å². The van der Waals surface area contributed by atoms with Gasteiger partial charge in [0.1, 0.15) is 0 Å². The first kappa shape index (κ1) is 12.9. The smallest absolute Gasteiger partial charge is 0.0955 e. The number of imidazole rings is 1. The first-order valence-corrected chi connectivity index (χ1v) is 6.78. The summed E-state index contributed by atoms with van der Waals surface area (Å²) < 4.78 is 3.98. The summed E-state index contributed by atoms with van der Waals surface area (Å²) in [5, 5.41) is 7.77. The van der Waals surface area contributed by atoms with Gasteiger partial charge in [0.05, 0.1) is 23.1 Å². The minimum Gasteiger partial charge on any atom is -0.334 e. The molecule has 0 bridgehead atoms. The quantitative estimate of drug-likeness (QED) is 0.785. The van der Waals surface area contributed by atoms with E-state index in [4.69, 9.17) is 0 Å². The summed E-state index contributed by atoms with van der Waals surface area (Å²) in [7, 11) is 5.96. The Labute approximate surface area is 118 Å². The van der Waals surface area contributed by atoms with Crippen molar-refractivity contribution in [3.05, 3.63) is 36.3 Å². The van der Waals surface area contributed by atoms with Gasteiger partial charge in [-0.2, -0.15) is 5.10 Å². The highest BCUT2D eigenvalue weighted by atomic mass is 15.3. The Morgan fingerprint density at radius 2 is 2.05 bits per heavy atom. The number of fused-ring (bicyclic) bond motifs is 1. The summed E-state index contributed by atoms with van der Waals surface area (Å²) in [6.07, 6.45) is 2.82. The van der Waals surface area contributed by atoms with Gasteiger partial charge in [-0.15, -0.1) is 0 Å². The minimum absolute atomic E-state index is 0.957. The molecule has 1 N–H and O–H groups in total. The SMILES string of the molecule is CNCCc1cc(-c2ccc3c(c2)ncn3C)nn1C. The maximum Gasteiger partial charge on any atom is 0.0955 e. The van der Waals surface area contributed by atoms with Gasteiger partial charge in [0, 0.05) is 38.3 Å². The Hall–Kier alpha value is -2.14. The fourth-order valence-electron chi connectivity index (χ4n) is 2.43. The van der Waals surface area contributed by atoms with Crippen LogP contribution in [0.25, 0.3) is 22.3 Å². The lowest BCUT2D eigenvalue weighted by molar-refractivity contribution is 0.683. The molecule has 20 heavy (non-hydrogen) atoms. The highest BCUT2D eigenvalue weighted by Crippen LogP contribution is 2.23. The predicted molar refractivity (Wildman–Crippen MR) is 80.5 cm³/mol. The predicted octanol–water partition coefficient (Wildman–Crippen LogP) is 1.74. The summed E-state index contributed by atoms with van der Waals surface area (Å²) >= 11 is 0. The minimum atomic E-state index is 0.957. The second kappa shape index (κ2) is 5.09. The van der Waals surface area contributed by atoms with Gasteiger partial charge in [-0.3, -0.25) is 4.68 Å². The third-order valence-corrected chi connectivity index (χ3v) is 3.63. The van der Waals surface area contributed by atoms with Crippen LogP contribution in [-0.2, 0) is 20.5 Å². The summed E-state index contributed by atoms with van der Waals surface area (Å²) in [5.74, 6) is 0. The van der Waals surface area contributed by atoms with Crippen LogP contribution < -0.4 is 5.32 Å². The van der Waals surface area contributed by atoms with Crippen molar-refractivity contribution >= 4 is 11.0 Å². The molecule has 0 saturated carbocycles.